The van der Waals surface area contributed by atoms with Crippen molar-refractivity contribution in [2.75, 3.05) is 44.4 Å². The van der Waals surface area contributed by atoms with Gasteiger partial charge >= 0.3 is 0 Å². The zero-order valence-corrected chi connectivity index (χ0v) is 23.3. The molecule has 0 unspecified atom stereocenters. The van der Waals surface area contributed by atoms with Crippen molar-refractivity contribution < 1.29 is 22.7 Å². The molecule has 14 heteroatoms. The van der Waals surface area contributed by atoms with E-state index in [0.29, 0.717) is 48.1 Å². The van der Waals surface area contributed by atoms with Crippen LogP contribution >= 0.6 is 11.6 Å². The van der Waals surface area contributed by atoms with E-state index < -0.39 is 15.9 Å². The number of aromatic nitrogens is 4. The van der Waals surface area contributed by atoms with E-state index in [9.17, 15) is 18.0 Å². The normalized spacial score (nSPS) is 20.2. The summed E-state index contributed by atoms with van der Waals surface area (Å²) in [6.45, 7) is 3.03. The van der Waals surface area contributed by atoms with Crippen LogP contribution in [-0.4, -0.2) is 101 Å². The van der Waals surface area contributed by atoms with Gasteiger partial charge in [0.25, 0.3) is 0 Å². The predicted molar refractivity (Wildman–Crippen MR) is 148 cm³/mol. The molecule has 210 valence electrons. The molecule has 0 bridgehead atoms. The zero-order valence-electron chi connectivity index (χ0n) is 21.7. The lowest BCUT2D eigenvalue weighted by molar-refractivity contribution is -0.132. The Bertz CT molecular complexity index is 1510. The molecule has 0 spiro atoms. The number of hydrogen-bond acceptors (Lipinski definition) is 9. The fraction of sp³-hybridized carbons (Fsp3) is 0.346. The van der Waals surface area contributed by atoms with Crippen molar-refractivity contribution in [3.8, 4) is 5.69 Å². The summed E-state index contributed by atoms with van der Waals surface area (Å²) in [5, 5.41) is 14.6. The van der Waals surface area contributed by atoms with Crippen molar-refractivity contribution in [3.63, 3.8) is 0 Å². The van der Waals surface area contributed by atoms with Gasteiger partial charge in [0.2, 0.25) is 11.8 Å². The number of amides is 2. The van der Waals surface area contributed by atoms with Crippen molar-refractivity contribution >= 4 is 45.0 Å². The molecule has 2 atom stereocenters. The lowest BCUT2D eigenvalue weighted by Crippen LogP contribution is -2.45. The van der Waals surface area contributed by atoms with E-state index >= 15 is 0 Å². The predicted octanol–water partition coefficient (Wildman–Crippen LogP) is 1.67. The molecular formula is C26H28ClN7O5S. The molecule has 40 heavy (non-hydrogen) atoms. The number of nitrogens with zero attached hydrogens (tertiary/aromatic N) is 6. The second-order valence-electron chi connectivity index (χ2n) is 9.62. The maximum atomic E-state index is 13.5. The summed E-state index contributed by atoms with van der Waals surface area (Å²) in [6.07, 6.45) is 6.07. The van der Waals surface area contributed by atoms with Gasteiger partial charge in [-0.3, -0.25) is 14.5 Å². The summed E-state index contributed by atoms with van der Waals surface area (Å²) in [7, 11) is -3.36. The lowest BCUT2D eigenvalue weighted by atomic mass is 10.1. The number of tetrazole rings is 1. The number of sulfone groups is 1. The van der Waals surface area contributed by atoms with Crippen molar-refractivity contribution in [1.29, 1.82) is 0 Å². The monoisotopic (exact) mass is 585 g/mol. The van der Waals surface area contributed by atoms with Crippen LogP contribution in [0.5, 0.6) is 0 Å². The summed E-state index contributed by atoms with van der Waals surface area (Å²) in [5.41, 5.74) is 1.71. The molecule has 1 aromatic heterocycles. The van der Waals surface area contributed by atoms with Gasteiger partial charge in [-0.15, -0.1) is 5.10 Å². The molecule has 0 radical (unpaired) electrons. The number of hydrogen-bond donors (Lipinski definition) is 1. The van der Waals surface area contributed by atoms with Crippen molar-refractivity contribution in [2.45, 2.75) is 23.4 Å². The minimum atomic E-state index is -3.36. The largest absolute Gasteiger partial charge is 0.379 e. The van der Waals surface area contributed by atoms with Crippen LogP contribution in [0.25, 0.3) is 11.8 Å². The SMILES string of the molecule is CS(=O)(=O)c1ccc(NC(=O)[C@@H]2C[C@H](N3CCOCC3)CN2C(=O)/C=C/c2cc(Cl)ccc2-n2cnnn2)cc1. The highest BCUT2D eigenvalue weighted by Crippen LogP contribution is 2.26. The van der Waals surface area contributed by atoms with Gasteiger partial charge in [-0.05, 0) is 65.4 Å². The molecule has 1 N–H and O–H groups in total. The minimum absolute atomic E-state index is 0.00689. The molecule has 0 aliphatic carbocycles. The van der Waals surface area contributed by atoms with Crippen LogP contribution in [0.15, 0.2) is 59.8 Å². The summed E-state index contributed by atoms with van der Waals surface area (Å²) in [4.78, 5) is 30.9. The molecule has 2 saturated heterocycles. The van der Waals surface area contributed by atoms with Crippen LogP contribution in [-0.2, 0) is 24.2 Å². The topological polar surface area (TPSA) is 140 Å². The number of benzene rings is 2. The van der Waals surface area contributed by atoms with Gasteiger partial charge < -0.3 is 15.0 Å². The molecule has 12 nitrogen and oxygen atoms in total. The highest BCUT2D eigenvalue weighted by atomic mass is 35.5. The standard InChI is InChI=1S/C26H28ClN7O5S/c1-40(37,38)22-6-4-20(5-7-22)29-26(36)24-15-21(32-10-12-39-13-11-32)16-33(24)25(35)9-2-18-14-19(27)3-8-23(18)34-17-28-30-31-34/h2-9,14,17,21,24H,10-13,15-16H2,1H3,(H,29,36)/b9-2+/t21-,24-/m0/s1. The molecule has 5 rings (SSSR count). The fourth-order valence-electron chi connectivity index (χ4n) is 4.92. The average molecular weight is 586 g/mol. The Morgan fingerprint density at radius 3 is 2.55 bits per heavy atom. The van der Waals surface area contributed by atoms with Gasteiger partial charge in [0.1, 0.15) is 12.4 Å². The number of anilines is 1. The number of morpholine rings is 1. The molecule has 0 saturated carbocycles. The van der Waals surface area contributed by atoms with E-state index in [1.54, 1.807) is 29.2 Å². The minimum Gasteiger partial charge on any atom is -0.379 e. The average Bonchev–Trinajstić information content (AvgIpc) is 3.63. The Kier molecular flexibility index (Phi) is 8.26. The third kappa shape index (κ3) is 6.39. The van der Waals surface area contributed by atoms with Crippen LogP contribution in [0.2, 0.25) is 5.02 Å². The van der Waals surface area contributed by atoms with Gasteiger partial charge in [-0.25, -0.2) is 8.42 Å². The zero-order chi connectivity index (χ0) is 28.3. The van der Waals surface area contributed by atoms with E-state index in [-0.39, 0.29) is 22.8 Å². The number of nitrogens with one attached hydrogen (secondary N) is 1. The van der Waals surface area contributed by atoms with Crippen LogP contribution in [0.1, 0.15) is 12.0 Å². The van der Waals surface area contributed by atoms with Gasteiger partial charge in [-0.2, -0.15) is 4.68 Å². The van der Waals surface area contributed by atoms with E-state index in [0.717, 1.165) is 19.3 Å². The summed E-state index contributed by atoms with van der Waals surface area (Å²) >= 11 is 6.21. The third-order valence-electron chi connectivity index (χ3n) is 6.97. The maximum Gasteiger partial charge on any atom is 0.247 e. The summed E-state index contributed by atoms with van der Waals surface area (Å²) < 4.78 is 30.5. The molecular weight excluding hydrogens is 558 g/mol. The maximum absolute atomic E-state index is 13.5. The molecule has 3 heterocycles. The van der Waals surface area contributed by atoms with Gasteiger partial charge in [0.05, 0.1) is 23.8 Å². The quantitative estimate of drug-likeness (QED) is 0.410. The van der Waals surface area contributed by atoms with E-state index in [4.69, 9.17) is 16.3 Å². The molecule has 2 aliphatic heterocycles. The Morgan fingerprint density at radius 1 is 1.12 bits per heavy atom. The van der Waals surface area contributed by atoms with Crippen molar-refractivity contribution in [3.05, 3.63) is 65.5 Å². The Labute approximate surface area is 236 Å². The van der Waals surface area contributed by atoms with Crippen LogP contribution < -0.4 is 5.32 Å². The van der Waals surface area contributed by atoms with Gasteiger partial charge in [-0.1, -0.05) is 11.6 Å². The van der Waals surface area contributed by atoms with E-state index in [2.05, 4.69) is 25.7 Å². The second kappa shape index (κ2) is 11.8. The first-order valence-corrected chi connectivity index (χ1v) is 14.9. The van der Waals surface area contributed by atoms with Crippen molar-refractivity contribution in [2.24, 2.45) is 0 Å². The van der Waals surface area contributed by atoms with Crippen LogP contribution in [0.3, 0.4) is 0 Å². The first-order chi connectivity index (χ1) is 19.2. The number of likely N-dealkylation sites (tertiary alicyclic amines) is 1. The number of ether oxygens (including phenoxy) is 1. The number of carbonyl (C=O) groups excluding carboxylic acids is 2. The smallest absolute Gasteiger partial charge is 0.247 e. The third-order valence-corrected chi connectivity index (χ3v) is 8.33. The van der Waals surface area contributed by atoms with Gasteiger partial charge in [0.15, 0.2) is 9.84 Å². The first kappa shape index (κ1) is 27.9. The van der Waals surface area contributed by atoms with E-state index in [1.807, 2.05) is 0 Å². The summed E-state index contributed by atoms with van der Waals surface area (Å²) in [6, 6.07) is 10.4. The number of halogens is 1. The summed E-state index contributed by atoms with van der Waals surface area (Å²) in [5.74, 6) is -0.673. The highest BCUT2D eigenvalue weighted by Gasteiger charge is 2.41. The number of carbonyl (C=O) groups is 2. The van der Waals surface area contributed by atoms with E-state index in [1.165, 1.54) is 41.4 Å². The molecule has 3 aromatic rings. The Hall–Kier alpha value is -3.65. The molecule has 2 amide bonds. The van der Waals surface area contributed by atoms with Gasteiger partial charge in [0, 0.05) is 54.3 Å². The molecule has 2 aliphatic rings. The number of rotatable bonds is 7. The second-order valence-corrected chi connectivity index (χ2v) is 12.1. The molecule has 2 aromatic carbocycles. The van der Waals surface area contributed by atoms with Crippen LogP contribution in [0.4, 0.5) is 5.69 Å². The Balaban J connectivity index is 1.37. The first-order valence-electron chi connectivity index (χ1n) is 12.6. The van der Waals surface area contributed by atoms with Crippen LogP contribution in [0, 0.1) is 0 Å². The highest BCUT2D eigenvalue weighted by molar-refractivity contribution is 7.90. The Morgan fingerprint density at radius 2 is 1.88 bits per heavy atom. The van der Waals surface area contributed by atoms with Crippen molar-refractivity contribution in [1.82, 2.24) is 30.0 Å². The molecule has 2 fully saturated rings. The lowest BCUT2D eigenvalue weighted by Gasteiger charge is -2.31. The fourth-order valence-corrected chi connectivity index (χ4v) is 5.73.